The van der Waals surface area contributed by atoms with Crippen LogP contribution in [0.3, 0.4) is 0 Å². The van der Waals surface area contributed by atoms with E-state index >= 15 is 0 Å². The first-order chi connectivity index (χ1) is 21.3. The van der Waals surface area contributed by atoms with E-state index in [1.165, 1.54) is 24.3 Å². The number of hydrogen-bond acceptors (Lipinski definition) is 16. The minimum atomic E-state index is -2.06. The zero-order chi connectivity index (χ0) is 32.9. The average molecular weight is 637 g/mol. The molecule has 2 saturated heterocycles. The summed E-state index contributed by atoms with van der Waals surface area (Å²) in [6, 6.07) is 6.35. The number of benzene rings is 2. The Hall–Kier alpha value is -3.68. The number of phenols is 2. The molecule has 0 aliphatic carbocycles. The van der Waals surface area contributed by atoms with Crippen molar-refractivity contribution < 1.29 is 74.5 Å². The highest BCUT2D eigenvalue weighted by molar-refractivity contribution is 5.94. The summed E-state index contributed by atoms with van der Waals surface area (Å²) in [6.07, 6.45) is -18.5. The second-order valence-electron chi connectivity index (χ2n) is 10.8. The van der Waals surface area contributed by atoms with E-state index in [9.17, 15) is 60.7 Å². The molecule has 10 atom stereocenters. The van der Waals surface area contributed by atoms with Crippen molar-refractivity contribution in [2.24, 2.45) is 0 Å². The highest BCUT2D eigenvalue weighted by atomic mass is 16.6. The molecule has 10 unspecified atom stereocenters. The Bertz CT molecular complexity index is 1620. The fraction of sp³-hybridized carbons (Fsp3) is 0.448. The SMILES string of the molecule is CC(=O)Oc1c(C2OC(CO)C(O)C(O)C2O)c(O)c(C2OC(CO)C(O)C(O)C2O)c2oc(-c3ccc(O)cc3)cc(=O)c12. The van der Waals surface area contributed by atoms with Gasteiger partial charge in [0.15, 0.2) is 16.8 Å². The number of fused-ring (bicyclic) bond motifs is 1. The molecule has 3 heterocycles. The molecule has 0 spiro atoms. The lowest BCUT2D eigenvalue weighted by Gasteiger charge is -2.42. The van der Waals surface area contributed by atoms with Crippen LogP contribution in [0.1, 0.15) is 30.3 Å². The van der Waals surface area contributed by atoms with Crippen molar-refractivity contribution in [1.82, 2.24) is 0 Å². The average Bonchev–Trinajstić information content (AvgIpc) is 3.00. The predicted octanol–water partition coefficient (Wildman–Crippen LogP) is -2.17. The van der Waals surface area contributed by atoms with Crippen molar-refractivity contribution in [3.63, 3.8) is 0 Å². The third kappa shape index (κ3) is 5.66. The summed E-state index contributed by atoms with van der Waals surface area (Å²) in [5.74, 6) is -2.99. The zero-order valence-corrected chi connectivity index (χ0v) is 23.5. The molecule has 10 N–H and O–H groups in total. The number of hydrogen-bond donors (Lipinski definition) is 10. The zero-order valence-electron chi connectivity index (χ0n) is 23.5. The van der Waals surface area contributed by atoms with Gasteiger partial charge in [0.2, 0.25) is 0 Å². The number of ether oxygens (including phenoxy) is 3. The molecule has 0 radical (unpaired) electrons. The summed E-state index contributed by atoms with van der Waals surface area (Å²) in [6.45, 7) is -0.789. The van der Waals surface area contributed by atoms with Crippen LogP contribution in [0.15, 0.2) is 39.5 Å². The molecule has 2 aliphatic rings. The molecule has 3 aromatic rings. The molecule has 45 heavy (non-hydrogen) atoms. The van der Waals surface area contributed by atoms with Gasteiger partial charge in [-0.3, -0.25) is 9.59 Å². The first kappa shape index (κ1) is 32.7. The van der Waals surface area contributed by atoms with E-state index in [-0.39, 0.29) is 17.1 Å². The van der Waals surface area contributed by atoms with E-state index in [2.05, 4.69) is 0 Å². The van der Waals surface area contributed by atoms with E-state index in [0.717, 1.165) is 13.0 Å². The molecule has 2 aliphatic heterocycles. The molecule has 0 saturated carbocycles. The summed E-state index contributed by atoms with van der Waals surface area (Å²) in [5.41, 5.74) is -2.46. The van der Waals surface area contributed by atoms with Gasteiger partial charge in [-0.2, -0.15) is 0 Å². The van der Waals surface area contributed by atoms with Gasteiger partial charge in [0.25, 0.3) is 0 Å². The highest BCUT2D eigenvalue weighted by Gasteiger charge is 2.50. The number of aromatic hydroxyl groups is 2. The van der Waals surface area contributed by atoms with Crippen LogP contribution in [0, 0.1) is 0 Å². The van der Waals surface area contributed by atoms with Crippen LogP contribution in [0.25, 0.3) is 22.3 Å². The van der Waals surface area contributed by atoms with Crippen LogP contribution in [-0.4, -0.2) is 119 Å². The van der Waals surface area contributed by atoms with Crippen LogP contribution in [0.2, 0.25) is 0 Å². The van der Waals surface area contributed by atoms with E-state index < -0.39 is 119 Å². The van der Waals surface area contributed by atoms with E-state index in [0.29, 0.717) is 0 Å². The Kier molecular flexibility index (Phi) is 9.16. The lowest BCUT2D eigenvalue weighted by molar-refractivity contribution is -0.234. The van der Waals surface area contributed by atoms with Crippen LogP contribution >= 0.6 is 0 Å². The fourth-order valence-electron chi connectivity index (χ4n) is 5.62. The van der Waals surface area contributed by atoms with Crippen LogP contribution in [0.4, 0.5) is 0 Å². The van der Waals surface area contributed by atoms with Crippen LogP contribution in [0.5, 0.6) is 17.2 Å². The third-order valence-electron chi connectivity index (χ3n) is 7.93. The maximum atomic E-state index is 13.8. The second kappa shape index (κ2) is 12.6. The van der Waals surface area contributed by atoms with Crippen molar-refractivity contribution >= 4 is 16.9 Å². The van der Waals surface area contributed by atoms with E-state index in [1.807, 2.05) is 0 Å². The number of phenolic OH excluding ortho intramolecular Hbond substituents is 2. The van der Waals surface area contributed by atoms with Crippen molar-refractivity contribution in [2.75, 3.05) is 13.2 Å². The van der Waals surface area contributed by atoms with Crippen LogP contribution < -0.4 is 10.2 Å². The predicted molar refractivity (Wildman–Crippen MR) is 148 cm³/mol. The van der Waals surface area contributed by atoms with Gasteiger partial charge >= 0.3 is 5.97 Å². The van der Waals surface area contributed by atoms with Crippen LogP contribution in [-0.2, 0) is 14.3 Å². The molecular weight excluding hydrogens is 604 g/mol. The fourth-order valence-corrected chi connectivity index (χ4v) is 5.62. The standard InChI is InChI=1S/C29H32O16/c1-9(32)42-26-16-12(34)6-13(10-2-4-11(33)5-3-10)43-27(16)18(29-25(41)23(39)20(36)15(8-31)45-29)21(37)17(26)28-24(40)22(38)19(35)14(7-30)44-28/h2-6,14-15,19-20,22-25,28-31,33,35-41H,7-8H2,1H3. The van der Waals surface area contributed by atoms with Crippen molar-refractivity contribution in [3.05, 3.63) is 51.7 Å². The number of rotatable bonds is 6. The van der Waals surface area contributed by atoms with Crippen molar-refractivity contribution in [2.45, 2.75) is 68.0 Å². The normalized spacial score (nSPS) is 32.0. The molecule has 16 heteroatoms. The first-order valence-electron chi connectivity index (χ1n) is 13.8. The minimum Gasteiger partial charge on any atom is -0.508 e. The molecule has 244 valence electrons. The molecule has 2 fully saturated rings. The minimum absolute atomic E-state index is 0.108. The molecule has 2 aromatic carbocycles. The Labute approximate surface area is 253 Å². The summed E-state index contributed by atoms with van der Waals surface area (Å²) in [4.78, 5) is 26.1. The number of carbonyl (C=O) groups excluding carboxylic acids is 1. The summed E-state index contributed by atoms with van der Waals surface area (Å²) in [5, 5.41) is 104. The molecular formula is C29H32O16. The van der Waals surface area contributed by atoms with E-state index in [4.69, 9.17) is 18.6 Å². The van der Waals surface area contributed by atoms with Gasteiger partial charge in [0.05, 0.1) is 24.3 Å². The topological polar surface area (TPSA) is 277 Å². The van der Waals surface area contributed by atoms with Gasteiger partial charge in [0, 0.05) is 18.6 Å². The lowest BCUT2D eigenvalue weighted by Crippen LogP contribution is -2.55. The highest BCUT2D eigenvalue weighted by Crippen LogP contribution is 2.51. The van der Waals surface area contributed by atoms with Gasteiger partial charge in [-0.05, 0) is 24.3 Å². The van der Waals surface area contributed by atoms with Crippen molar-refractivity contribution in [3.8, 4) is 28.6 Å². The lowest BCUT2D eigenvalue weighted by atomic mass is 9.85. The number of esters is 1. The van der Waals surface area contributed by atoms with E-state index in [1.54, 1.807) is 0 Å². The van der Waals surface area contributed by atoms with Gasteiger partial charge in [-0.15, -0.1) is 0 Å². The number of aliphatic hydroxyl groups is 8. The molecule has 5 rings (SSSR count). The second-order valence-corrected chi connectivity index (χ2v) is 10.8. The smallest absolute Gasteiger partial charge is 0.308 e. The quantitative estimate of drug-likeness (QED) is 0.102. The number of aliphatic hydroxyl groups excluding tert-OH is 8. The molecule has 0 amide bonds. The first-order valence-corrected chi connectivity index (χ1v) is 13.8. The Morgan fingerprint density at radius 1 is 0.778 bits per heavy atom. The Morgan fingerprint density at radius 3 is 1.78 bits per heavy atom. The molecule has 0 bridgehead atoms. The Morgan fingerprint density at radius 2 is 1.29 bits per heavy atom. The Balaban J connectivity index is 1.89. The molecule has 1 aromatic heterocycles. The summed E-state index contributed by atoms with van der Waals surface area (Å²) < 4.78 is 22.6. The van der Waals surface area contributed by atoms with Gasteiger partial charge in [0.1, 0.15) is 83.7 Å². The van der Waals surface area contributed by atoms with Gasteiger partial charge < -0.3 is 69.7 Å². The van der Waals surface area contributed by atoms with Gasteiger partial charge in [-0.1, -0.05) is 0 Å². The monoisotopic (exact) mass is 636 g/mol. The largest absolute Gasteiger partial charge is 0.508 e. The summed E-state index contributed by atoms with van der Waals surface area (Å²) >= 11 is 0. The number of carbonyl (C=O) groups is 1. The van der Waals surface area contributed by atoms with Gasteiger partial charge in [-0.25, -0.2) is 0 Å². The maximum Gasteiger partial charge on any atom is 0.308 e. The summed E-state index contributed by atoms with van der Waals surface area (Å²) in [7, 11) is 0. The van der Waals surface area contributed by atoms with Crippen molar-refractivity contribution in [1.29, 1.82) is 0 Å². The third-order valence-corrected chi connectivity index (χ3v) is 7.93. The molecule has 16 nitrogen and oxygen atoms in total. The maximum absolute atomic E-state index is 13.8.